The molecule has 0 aromatic rings. The minimum Gasteiger partial charge on any atom is -0.392 e. The Bertz CT molecular complexity index is 428. The highest BCUT2D eigenvalue weighted by atomic mass is 16.5. The smallest absolute Gasteiger partial charge is 0.0689 e. The summed E-state index contributed by atoms with van der Waals surface area (Å²) in [5.41, 5.74) is 0.747. The first kappa shape index (κ1) is 18.7. The van der Waals surface area contributed by atoms with Gasteiger partial charge in [0, 0.05) is 26.2 Å². The molecule has 3 rings (SSSR count). The third-order valence-corrected chi connectivity index (χ3v) is 7.90. The average Bonchev–Trinajstić information content (AvgIpc) is 2.79. The number of nitrogens with zero attached hydrogens (tertiary/aromatic N) is 1. The normalized spacial score (nSPS) is 43.2. The van der Waals surface area contributed by atoms with Gasteiger partial charge in [-0.05, 0) is 60.7 Å². The van der Waals surface area contributed by atoms with Gasteiger partial charge in [0.1, 0.15) is 0 Å². The van der Waals surface area contributed by atoms with E-state index < -0.39 is 0 Å². The molecule has 1 aliphatic heterocycles. The van der Waals surface area contributed by atoms with Crippen LogP contribution in [-0.2, 0) is 4.74 Å². The van der Waals surface area contributed by atoms with Gasteiger partial charge in [-0.15, -0.1) is 0 Å². The second kappa shape index (κ2) is 6.89. The Morgan fingerprint density at radius 1 is 1.12 bits per heavy atom. The zero-order chi connectivity index (χ0) is 17.5. The van der Waals surface area contributed by atoms with Gasteiger partial charge in [-0.2, -0.15) is 0 Å². The minimum absolute atomic E-state index is 0.248. The summed E-state index contributed by atoms with van der Waals surface area (Å²) in [6, 6.07) is 0. The molecule has 0 aromatic heterocycles. The van der Waals surface area contributed by atoms with Crippen molar-refractivity contribution in [3.63, 3.8) is 0 Å². The lowest BCUT2D eigenvalue weighted by Crippen LogP contribution is -2.43. The van der Waals surface area contributed by atoms with Crippen LogP contribution in [0.1, 0.15) is 66.7 Å². The molecule has 0 radical (unpaired) electrons. The minimum atomic E-state index is -0.248. The standard InChI is InChI=1S/C21H39NO2/c1-15-10-16(2)13-22(12-15)14-18(23)7-9-24-19-11-17-6-8-21(19,5)20(17,3)4/h15-19,23H,6-14H2,1-5H3/t15-,16+,17-,18-,19-,21-/m1/s1. The first-order chi connectivity index (χ1) is 11.2. The predicted octanol–water partition coefficient (Wildman–Crippen LogP) is 3.95. The maximum absolute atomic E-state index is 10.4. The third kappa shape index (κ3) is 3.41. The highest BCUT2D eigenvalue weighted by molar-refractivity contribution is 5.11. The maximum Gasteiger partial charge on any atom is 0.0689 e. The number of fused-ring (bicyclic) bond motifs is 2. The van der Waals surface area contributed by atoms with Gasteiger partial charge in [-0.1, -0.05) is 34.6 Å². The molecule has 3 nitrogen and oxygen atoms in total. The summed E-state index contributed by atoms with van der Waals surface area (Å²) in [6.07, 6.45) is 6.15. The van der Waals surface area contributed by atoms with E-state index in [1.165, 1.54) is 25.7 Å². The molecule has 0 aromatic carbocycles. The molecule has 3 fully saturated rings. The van der Waals surface area contributed by atoms with E-state index in [1.54, 1.807) is 0 Å². The predicted molar refractivity (Wildman–Crippen MR) is 99.0 cm³/mol. The number of rotatable bonds is 6. The second-order valence-electron chi connectivity index (χ2n) is 10.1. The van der Waals surface area contributed by atoms with E-state index in [1.807, 2.05) is 0 Å². The van der Waals surface area contributed by atoms with Crippen molar-refractivity contribution < 1.29 is 9.84 Å². The Hall–Kier alpha value is -0.120. The molecule has 6 atom stereocenters. The molecule has 1 saturated heterocycles. The molecule has 24 heavy (non-hydrogen) atoms. The fourth-order valence-electron chi connectivity index (χ4n) is 6.06. The topological polar surface area (TPSA) is 32.7 Å². The largest absolute Gasteiger partial charge is 0.392 e. The second-order valence-corrected chi connectivity index (χ2v) is 10.1. The first-order valence-corrected chi connectivity index (χ1v) is 10.2. The van der Waals surface area contributed by atoms with Gasteiger partial charge in [0.05, 0.1) is 12.2 Å². The summed E-state index contributed by atoms with van der Waals surface area (Å²) in [5, 5.41) is 10.4. The molecule has 0 spiro atoms. The monoisotopic (exact) mass is 337 g/mol. The van der Waals surface area contributed by atoms with Crippen molar-refractivity contribution in [3.05, 3.63) is 0 Å². The first-order valence-electron chi connectivity index (χ1n) is 10.2. The van der Waals surface area contributed by atoms with Crippen molar-refractivity contribution in [2.45, 2.75) is 78.9 Å². The fourth-order valence-corrected chi connectivity index (χ4v) is 6.06. The molecule has 3 heteroatoms. The molecular weight excluding hydrogens is 298 g/mol. The summed E-state index contributed by atoms with van der Waals surface area (Å²) >= 11 is 0. The van der Waals surface area contributed by atoms with E-state index in [9.17, 15) is 5.11 Å². The molecule has 2 aliphatic carbocycles. The van der Waals surface area contributed by atoms with E-state index >= 15 is 0 Å². The van der Waals surface area contributed by atoms with E-state index in [4.69, 9.17) is 4.74 Å². The molecule has 2 bridgehead atoms. The van der Waals surface area contributed by atoms with Crippen LogP contribution in [-0.4, -0.2) is 48.5 Å². The van der Waals surface area contributed by atoms with Crippen LogP contribution in [0.15, 0.2) is 0 Å². The number of β-amino-alcohol motifs (C(OH)–C–C–N with tert-alkyl or cyclic N) is 1. The van der Waals surface area contributed by atoms with Crippen molar-refractivity contribution in [3.8, 4) is 0 Å². The van der Waals surface area contributed by atoms with Crippen LogP contribution in [0.5, 0.6) is 0 Å². The molecular formula is C21H39NO2. The Kier molecular flexibility index (Phi) is 5.36. The Labute approximate surface area is 149 Å². The quantitative estimate of drug-likeness (QED) is 0.796. The lowest BCUT2D eigenvalue weighted by atomic mass is 9.70. The number of hydrogen-bond donors (Lipinski definition) is 1. The summed E-state index contributed by atoms with van der Waals surface area (Å²) < 4.78 is 6.30. The molecule has 1 heterocycles. The van der Waals surface area contributed by atoms with Gasteiger partial charge in [0.25, 0.3) is 0 Å². The SMILES string of the molecule is C[C@@H]1C[C@H](C)CN(C[C@H](O)CCO[C@@H]2C[C@H]3CC[C@@]2(C)C3(C)C)C1. The number of hydrogen-bond acceptors (Lipinski definition) is 3. The van der Waals surface area contributed by atoms with Crippen LogP contribution in [0, 0.1) is 28.6 Å². The molecule has 3 aliphatic rings. The molecule has 0 unspecified atom stereocenters. The fraction of sp³-hybridized carbons (Fsp3) is 1.00. The van der Waals surface area contributed by atoms with Crippen molar-refractivity contribution in [2.75, 3.05) is 26.2 Å². The van der Waals surface area contributed by atoms with Gasteiger partial charge in [-0.3, -0.25) is 0 Å². The summed E-state index contributed by atoms with van der Waals surface area (Å²) in [6.45, 7) is 15.8. The summed E-state index contributed by atoms with van der Waals surface area (Å²) in [4.78, 5) is 2.45. The van der Waals surface area contributed by atoms with Crippen LogP contribution in [0.2, 0.25) is 0 Å². The van der Waals surface area contributed by atoms with Gasteiger partial charge in [-0.25, -0.2) is 0 Å². The van der Waals surface area contributed by atoms with Gasteiger partial charge in [0.15, 0.2) is 0 Å². The third-order valence-electron chi connectivity index (χ3n) is 7.90. The van der Waals surface area contributed by atoms with Crippen LogP contribution in [0.4, 0.5) is 0 Å². The summed E-state index contributed by atoms with van der Waals surface area (Å²) in [5.74, 6) is 2.34. The molecule has 140 valence electrons. The number of aliphatic hydroxyl groups excluding tert-OH is 1. The highest BCUT2D eigenvalue weighted by Crippen LogP contribution is 2.66. The van der Waals surface area contributed by atoms with Crippen LogP contribution < -0.4 is 0 Å². The molecule has 2 saturated carbocycles. The molecule has 1 N–H and O–H groups in total. The Morgan fingerprint density at radius 3 is 2.33 bits per heavy atom. The maximum atomic E-state index is 10.4. The van der Waals surface area contributed by atoms with Crippen LogP contribution >= 0.6 is 0 Å². The Morgan fingerprint density at radius 2 is 1.79 bits per heavy atom. The molecule has 0 amide bonds. The number of likely N-dealkylation sites (tertiary alicyclic amines) is 1. The zero-order valence-electron chi connectivity index (χ0n) is 16.6. The van der Waals surface area contributed by atoms with Crippen LogP contribution in [0.3, 0.4) is 0 Å². The lowest BCUT2D eigenvalue weighted by molar-refractivity contribution is -0.0572. The average molecular weight is 338 g/mol. The van der Waals surface area contributed by atoms with E-state index in [2.05, 4.69) is 39.5 Å². The lowest BCUT2D eigenvalue weighted by Gasteiger charge is -2.39. The van der Waals surface area contributed by atoms with E-state index in [0.29, 0.717) is 23.5 Å². The highest BCUT2D eigenvalue weighted by Gasteiger charge is 2.61. The Balaban J connectivity index is 1.41. The number of ether oxygens (including phenoxy) is 1. The van der Waals surface area contributed by atoms with Crippen molar-refractivity contribution >= 4 is 0 Å². The van der Waals surface area contributed by atoms with Gasteiger partial charge < -0.3 is 14.7 Å². The van der Waals surface area contributed by atoms with Crippen molar-refractivity contribution in [1.82, 2.24) is 4.90 Å². The van der Waals surface area contributed by atoms with Gasteiger partial charge >= 0.3 is 0 Å². The van der Waals surface area contributed by atoms with Gasteiger partial charge in [0.2, 0.25) is 0 Å². The number of piperidine rings is 1. The van der Waals surface area contributed by atoms with Crippen LogP contribution in [0.25, 0.3) is 0 Å². The summed E-state index contributed by atoms with van der Waals surface area (Å²) in [7, 11) is 0. The number of aliphatic hydroxyl groups is 1. The van der Waals surface area contributed by atoms with Crippen molar-refractivity contribution in [2.24, 2.45) is 28.6 Å². The van der Waals surface area contributed by atoms with E-state index in [0.717, 1.165) is 43.8 Å². The van der Waals surface area contributed by atoms with E-state index in [-0.39, 0.29) is 6.10 Å². The van der Waals surface area contributed by atoms with Crippen molar-refractivity contribution in [1.29, 1.82) is 0 Å². The zero-order valence-corrected chi connectivity index (χ0v) is 16.6.